The number of hydrogen-bond donors (Lipinski definition) is 18. The van der Waals surface area contributed by atoms with Gasteiger partial charge in [-0.05, 0) is 13.8 Å². The van der Waals surface area contributed by atoms with Gasteiger partial charge in [0.15, 0.2) is 37.7 Å². The van der Waals surface area contributed by atoms with E-state index >= 15 is 0 Å². The molecule has 0 aromatic rings. The SMILES string of the molecule is C[C@@H]1O[C@@H](OC[C@H]2O[C@H](O[C@@H]3[C@@H](O)[C@H](C)O[C@@H](O[C@H]4C(O)O[C@H](CO)[C@@H](O)[C@@H]4O[C@@H]4O[C@H](CO)[C@@H](O)[C@H](O)[C@H]4O)[C@@H]3O)[C@H](O)[C@@H](O)[C@@H]2O[C@H]2O[C@H](CO)[C@@H](O)[C@H](O)[C@H]2O)[C@H](O)[C@H](O)[C@H]1O. The molecule has 6 aliphatic heterocycles. The summed E-state index contributed by atoms with van der Waals surface area (Å²) < 4.78 is 61.8. The normalized spacial score (nSPS) is 54.6. The Morgan fingerprint density at radius 1 is 0.308 bits per heavy atom. The fourth-order valence-electron chi connectivity index (χ4n) is 8.27. The summed E-state index contributed by atoms with van der Waals surface area (Å²) in [5, 5.41) is 190. The zero-order valence-corrected chi connectivity index (χ0v) is 34.7. The van der Waals surface area contributed by atoms with Crippen molar-refractivity contribution in [2.75, 3.05) is 26.4 Å². The van der Waals surface area contributed by atoms with E-state index in [1.165, 1.54) is 13.8 Å². The molecule has 6 fully saturated rings. The molecule has 0 aliphatic carbocycles. The van der Waals surface area contributed by atoms with Crippen LogP contribution in [-0.2, 0) is 52.1 Å². The minimum Gasteiger partial charge on any atom is -0.394 e. The highest BCUT2D eigenvalue weighted by molar-refractivity contribution is 4.99. The molecule has 0 radical (unpaired) electrons. The van der Waals surface area contributed by atoms with Crippen LogP contribution in [-0.4, -0.2) is 303 Å². The summed E-state index contributed by atoms with van der Waals surface area (Å²) in [4.78, 5) is 0. The Bertz CT molecular complexity index is 1470. The second-order valence-electron chi connectivity index (χ2n) is 16.8. The number of aliphatic hydroxyl groups is 18. The lowest BCUT2D eigenvalue weighted by atomic mass is 9.95. The van der Waals surface area contributed by atoms with E-state index < -0.39 is 211 Å². The Hall–Kier alpha value is -1.16. The van der Waals surface area contributed by atoms with Crippen molar-refractivity contribution in [3.63, 3.8) is 0 Å². The van der Waals surface area contributed by atoms with Crippen molar-refractivity contribution in [1.82, 2.24) is 0 Å². The molecular formula is C36H62O29. The zero-order chi connectivity index (χ0) is 47.9. The van der Waals surface area contributed by atoms with Gasteiger partial charge in [0, 0.05) is 0 Å². The lowest BCUT2D eigenvalue weighted by Gasteiger charge is -2.49. The van der Waals surface area contributed by atoms with E-state index in [9.17, 15) is 91.9 Å². The molecular weight excluding hydrogens is 896 g/mol. The predicted octanol–water partition coefficient (Wildman–Crippen LogP) is -12.0. The van der Waals surface area contributed by atoms with Crippen LogP contribution in [0.3, 0.4) is 0 Å². The van der Waals surface area contributed by atoms with E-state index in [1.807, 2.05) is 0 Å². The van der Waals surface area contributed by atoms with Crippen LogP contribution in [0.5, 0.6) is 0 Å². The molecule has 0 aromatic heterocycles. The van der Waals surface area contributed by atoms with Gasteiger partial charge in [-0.2, -0.15) is 0 Å². The molecule has 6 aliphatic rings. The fraction of sp³-hybridized carbons (Fsp3) is 1.00. The van der Waals surface area contributed by atoms with Crippen molar-refractivity contribution in [3.05, 3.63) is 0 Å². The number of aliphatic hydroxyl groups excluding tert-OH is 18. The van der Waals surface area contributed by atoms with Crippen LogP contribution < -0.4 is 0 Å². The van der Waals surface area contributed by atoms with Crippen molar-refractivity contribution in [3.8, 4) is 0 Å². The maximum Gasteiger partial charge on any atom is 0.187 e. The molecule has 0 amide bonds. The maximum atomic E-state index is 11.6. The van der Waals surface area contributed by atoms with Gasteiger partial charge >= 0.3 is 0 Å². The van der Waals surface area contributed by atoms with Gasteiger partial charge < -0.3 is 144 Å². The average molecular weight is 959 g/mol. The monoisotopic (exact) mass is 958 g/mol. The Morgan fingerprint density at radius 2 is 0.692 bits per heavy atom. The largest absolute Gasteiger partial charge is 0.394 e. The van der Waals surface area contributed by atoms with Gasteiger partial charge in [-0.1, -0.05) is 0 Å². The minimum absolute atomic E-state index is 0.795. The van der Waals surface area contributed by atoms with Crippen LogP contribution >= 0.6 is 0 Å². The van der Waals surface area contributed by atoms with Crippen LogP contribution in [0.15, 0.2) is 0 Å². The van der Waals surface area contributed by atoms with Crippen LogP contribution in [0.1, 0.15) is 13.8 Å². The molecule has 6 saturated heterocycles. The average Bonchev–Trinajstić information content (AvgIpc) is 3.28. The van der Waals surface area contributed by atoms with E-state index in [1.54, 1.807) is 0 Å². The Labute approximate surface area is 368 Å². The fourth-order valence-corrected chi connectivity index (χ4v) is 8.27. The summed E-state index contributed by atoms with van der Waals surface area (Å²) >= 11 is 0. The highest BCUT2D eigenvalue weighted by Crippen LogP contribution is 2.36. The van der Waals surface area contributed by atoms with Crippen molar-refractivity contribution in [1.29, 1.82) is 0 Å². The Morgan fingerprint density at radius 3 is 1.23 bits per heavy atom. The summed E-state index contributed by atoms with van der Waals surface area (Å²) in [5.74, 6) is 0. The molecule has 0 aromatic carbocycles. The summed E-state index contributed by atoms with van der Waals surface area (Å²) in [6.07, 6.45) is -54.9. The Kier molecular flexibility index (Phi) is 18.2. The molecule has 0 spiro atoms. The quantitative estimate of drug-likeness (QED) is 0.0768. The van der Waals surface area contributed by atoms with E-state index in [2.05, 4.69) is 0 Å². The van der Waals surface area contributed by atoms with Gasteiger partial charge in [0.05, 0.1) is 38.6 Å². The molecule has 0 bridgehead atoms. The summed E-state index contributed by atoms with van der Waals surface area (Å²) in [5.41, 5.74) is 0. The smallest absolute Gasteiger partial charge is 0.187 e. The molecule has 18 N–H and O–H groups in total. The van der Waals surface area contributed by atoms with E-state index in [0.29, 0.717) is 0 Å². The van der Waals surface area contributed by atoms with Crippen molar-refractivity contribution in [2.45, 2.75) is 198 Å². The third-order valence-corrected chi connectivity index (χ3v) is 12.3. The molecule has 0 saturated carbocycles. The first-order valence-electron chi connectivity index (χ1n) is 20.8. The lowest BCUT2D eigenvalue weighted by Crippen LogP contribution is -2.68. The minimum atomic E-state index is -2.19. The van der Waals surface area contributed by atoms with Gasteiger partial charge in [-0.25, -0.2) is 0 Å². The van der Waals surface area contributed by atoms with Crippen molar-refractivity contribution < 1.29 is 144 Å². The standard InChI is InChI=1S/C36H62O29/c1-7-13(40)18(45)22(49)32(56-7)55-6-12-27(62-33-23(50)19(46)15(42)9(3-37)59-33)21(48)25(52)35(61-12)63-28-14(41)8(2)57-36(26(28)53)65-30-29(17(44)11(5-39)58-31(30)54)64-34-24(51)20(47)16(43)10(4-38)60-34/h7-54H,3-6H2,1-2H3/t7-,8-,9+,10+,11+,12+,13-,14-,15+,16+,17+,18+,19-,20-,21+,22+,23+,24+,25+,26+,27+,28+,29-,30+,31?,32+,33+,34-,35+,36-/m0/s1. The van der Waals surface area contributed by atoms with E-state index in [4.69, 9.17) is 52.1 Å². The highest BCUT2D eigenvalue weighted by Gasteiger charge is 2.57. The van der Waals surface area contributed by atoms with Gasteiger partial charge in [-0.15, -0.1) is 0 Å². The second-order valence-corrected chi connectivity index (χ2v) is 16.8. The van der Waals surface area contributed by atoms with Crippen LogP contribution in [0.4, 0.5) is 0 Å². The molecule has 1 unspecified atom stereocenters. The van der Waals surface area contributed by atoms with Gasteiger partial charge in [0.25, 0.3) is 0 Å². The van der Waals surface area contributed by atoms with Crippen molar-refractivity contribution in [2.24, 2.45) is 0 Å². The zero-order valence-electron chi connectivity index (χ0n) is 34.7. The first kappa shape index (κ1) is 53.2. The maximum absolute atomic E-state index is 11.6. The van der Waals surface area contributed by atoms with Gasteiger partial charge in [-0.3, -0.25) is 0 Å². The third kappa shape index (κ3) is 10.9. The molecule has 65 heavy (non-hydrogen) atoms. The number of rotatable bonds is 14. The van der Waals surface area contributed by atoms with Gasteiger partial charge in [0.1, 0.15) is 134 Å². The van der Waals surface area contributed by atoms with Crippen molar-refractivity contribution >= 4 is 0 Å². The predicted molar refractivity (Wildman–Crippen MR) is 196 cm³/mol. The topological polar surface area (TPSA) is 466 Å². The number of hydrogen-bond acceptors (Lipinski definition) is 29. The van der Waals surface area contributed by atoms with Crippen LogP contribution in [0.2, 0.25) is 0 Å². The van der Waals surface area contributed by atoms with Crippen LogP contribution in [0.25, 0.3) is 0 Å². The van der Waals surface area contributed by atoms with Crippen LogP contribution in [0, 0.1) is 0 Å². The highest BCUT2D eigenvalue weighted by atomic mass is 16.8. The molecule has 6 rings (SSSR count). The Balaban J connectivity index is 1.22. The van der Waals surface area contributed by atoms with E-state index in [0.717, 1.165) is 0 Å². The van der Waals surface area contributed by atoms with Gasteiger partial charge in [0.2, 0.25) is 0 Å². The summed E-state index contributed by atoms with van der Waals surface area (Å²) in [7, 11) is 0. The summed E-state index contributed by atoms with van der Waals surface area (Å²) in [6, 6.07) is 0. The number of ether oxygens (including phenoxy) is 11. The van der Waals surface area contributed by atoms with E-state index in [-0.39, 0.29) is 0 Å². The first-order valence-corrected chi connectivity index (χ1v) is 20.8. The molecule has 29 nitrogen and oxygen atoms in total. The molecule has 6 heterocycles. The lowest BCUT2D eigenvalue weighted by molar-refractivity contribution is -0.400. The first-order chi connectivity index (χ1) is 30.6. The second kappa shape index (κ2) is 22.3. The molecule has 29 heteroatoms. The molecule has 30 atom stereocenters. The third-order valence-electron chi connectivity index (χ3n) is 12.3. The summed E-state index contributed by atoms with van der Waals surface area (Å²) in [6.45, 7) is -0.814. The molecule has 380 valence electrons.